The molecule has 2 heterocycles. The minimum atomic E-state index is -0.515. The Morgan fingerprint density at radius 3 is 2.21 bits per heavy atom. The van der Waals surface area contributed by atoms with E-state index >= 15 is 0 Å². The maximum Gasteiger partial charge on any atom is 0.338 e. The van der Waals surface area contributed by atoms with Gasteiger partial charge in [-0.25, -0.2) is 4.79 Å². The summed E-state index contributed by atoms with van der Waals surface area (Å²) in [5, 5.41) is 9.92. The smallest absolute Gasteiger partial charge is 0.338 e. The Hall–Kier alpha value is -2.49. The van der Waals surface area contributed by atoms with Gasteiger partial charge in [0.2, 0.25) is 0 Å². The van der Waals surface area contributed by atoms with Crippen molar-refractivity contribution in [1.29, 1.82) is 0 Å². The summed E-state index contributed by atoms with van der Waals surface area (Å²) in [7, 11) is 0. The quantitative estimate of drug-likeness (QED) is 0.330. The summed E-state index contributed by atoms with van der Waals surface area (Å²) >= 11 is 0. The van der Waals surface area contributed by atoms with Gasteiger partial charge in [-0.3, -0.25) is 0 Å². The summed E-state index contributed by atoms with van der Waals surface area (Å²) in [5.74, 6) is -0.336. The van der Waals surface area contributed by atoms with Gasteiger partial charge in [0.15, 0.2) is 6.10 Å². The average Bonchev–Trinajstić information content (AvgIpc) is 3.27. The number of hydrogen-bond acceptors (Lipinski definition) is 4. The fourth-order valence-corrected chi connectivity index (χ4v) is 3.35. The van der Waals surface area contributed by atoms with E-state index in [4.69, 9.17) is 9.15 Å². The SMILES string of the molecule is CC(=CCCC(C)=CCCc1ccoc1)CCC=C(C)CC1OC(=O)C(C)=C1O. The maximum absolute atomic E-state index is 11.5. The van der Waals surface area contributed by atoms with Gasteiger partial charge in [0, 0.05) is 6.42 Å². The van der Waals surface area contributed by atoms with Crippen LogP contribution in [0.3, 0.4) is 0 Å². The number of esters is 1. The van der Waals surface area contributed by atoms with Gasteiger partial charge in [0.25, 0.3) is 0 Å². The van der Waals surface area contributed by atoms with E-state index in [2.05, 4.69) is 32.1 Å². The van der Waals surface area contributed by atoms with Crippen LogP contribution in [0.1, 0.15) is 71.8 Å². The lowest BCUT2D eigenvalue weighted by molar-refractivity contribution is -0.140. The van der Waals surface area contributed by atoms with Crippen LogP contribution in [0.15, 0.2) is 69.3 Å². The molecule has 1 atom stereocenters. The highest BCUT2D eigenvalue weighted by Gasteiger charge is 2.31. The summed E-state index contributed by atoms with van der Waals surface area (Å²) in [5.41, 5.74) is 5.54. The summed E-state index contributed by atoms with van der Waals surface area (Å²) < 4.78 is 10.3. The molecule has 0 amide bonds. The van der Waals surface area contributed by atoms with Gasteiger partial charge in [-0.05, 0) is 77.8 Å². The highest BCUT2D eigenvalue weighted by atomic mass is 16.6. The van der Waals surface area contributed by atoms with Crippen LogP contribution >= 0.6 is 0 Å². The number of cyclic esters (lactones) is 1. The number of allylic oxidation sites excluding steroid dienone is 5. The van der Waals surface area contributed by atoms with Crippen molar-refractivity contribution in [2.45, 2.75) is 78.7 Å². The number of carbonyl (C=O) groups excluding carboxylic acids is 1. The number of hydrogen-bond donors (Lipinski definition) is 1. The number of rotatable bonds is 11. The lowest BCUT2D eigenvalue weighted by atomic mass is 10.0. The number of furan rings is 1. The van der Waals surface area contributed by atoms with Gasteiger partial charge in [0.1, 0.15) is 5.76 Å². The molecule has 0 saturated carbocycles. The first-order valence-corrected chi connectivity index (χ1v) is 10.5. The maximum atomic E-state index is 11.5. The van der Waals surface area contributed by atoms with Crippen LogP contribution in [0.25, 0.3) is 0 Å². The van der Waals surface area contributed by atoms with Gasteiger partial charge in [-0.15, -0.1) is 0 Å². The number of ether oxygens (including phenoxy) is 1. The third-order valence-corrected chi connectivity index (χ3v) is 5.32. The van der Waals surface area contributed by atoms with Crippen LogP contribution in [0.5, 0.6) is 0 Å². The van der Waals surface area contributed by atoms with E-state index in [1.165, 1.54) is 16.7 Å². The molecule has 1 unspecified atom stereocenters. The summed E-state index contributed by atoms with van der Waals surface area (Å²) in [6.45, 7) is 8.00. The van der Waals surface area contributed by atoms with E-state index in [0.717, 1.165) is 44.1 Å². The fourth-order valence-electron chi connectivity index (χ4n) is 3.35. The normalized spacial score (nSPS) is 18.6. The molecule has 1 aromatic heterocycles. The van der Waals surface area contributed by atoms with Crippen LogP contribution in [-0.2, 0) is 16.0 Å². The van der Waals surface area contributed by atoms with Crippen LogP contribution in [0.4, 0.5) is 0 Å². The summed E-state index contributed by atoms with van der Waals surface area (Å²) in [4.78, 5) is 11.5. The Morgan fingerprint density at radius 1 is 1.03 bits per heavy atom. The summed E-state index contributed by atoms with van der Waals surface area (Å²) in [6, 6.07) is 2.02. The molecule has 0 bridgehead atoms. The van der Waals surface area contributed by atoms with Crippen molar-refractivity contribution in [3.8, 4) is 0 Å². The monoisotopic (exact) mass is 398 g/mol. The van der Waals surface area contributed by atoms with Gasteiger partial charge in [-0.1, -0.05) is 34.9 Å². The van der Waals surface area contributed by atoms with Gasteiger partial charge in [0.05, 0.1) is 18.1 Å². The molecule has 158 valence electrons. The first-order valence-electron chi connectivity index (χ1n) is 10.5. The first kappa shape index (κ1) is 22.8. The third-order valence-electron chi connectivity index (χ3n) is 5.32. The second-order valence-electron chi connectivity index (χ2n) is 8.01. The van der Waals surface area contributed by atoms with E-state index in [9.17, 15) is 9.90 Å². The molecule has 0 spiro atoms. The molecule has 1 aromatic rings. The molecule has 4 nitrogen and oxygen atoms in total. The molecule has 1 aliphatic heterocycles. The lowest BCUT2D eigenvalue weighted by Gasteiger charge is -2.10. The second-order valence-corrected chi connectivity index (χ2v) is 8.01. The second kappa shape index (κ2) is 11.5. The topological polar surface area (TPSA) is 59.7 Å². The number of carbonyl (C=O) groups is 1. The highest BCUT2D eigenvalue weighted by molar-refractivity contribution is 5.91. The third kappa shape index (κ3) is 7.80. The largest absolute Gasteiger partial charge is 0.508 e. The Morgan fingerprint density at radius 2 is 1.66 bits per heavy atom. The van der Waals surface area contributed by atoms with E-state index in [0.29, 0.717) is 12.0 Å². The molecule has 0 radical (unpaired) electrons. The Kier molecular flexibility index (Phi) is 9.04. The molecule has 1 N–H and O–H groups in total. The van der Waals surface area contributed by atoms with Crippen molar-refractivity contribution in [2.75, 3.05) is 0 Å². The molecule has 4 heteroatoms. The summed E-state index contributed by atoms with van der Waals surface area (Å²) in [6.07, 6.45) is 16.6. The minimum Gasteiger partial charge on any atom is -0.508 e. The Bertz CT molecular complexity index is 791. The first-order chi connectivity index (χ1) is 13.9. The highest BCUT2D eigenvalue weighted by Crippen LogP contribution is 2.25. The zero-order valence-electron chi connectivity index (χ0n) is 18.2. The van der Waals surface area contributed by atoms with Gasteiger partial charge < -0.3 is 14.3 Å². The van der Waals surface area contributed by atoms with Crippen LogP contribution in [0.2, 0.25) is 0 Å². The van der Waals surface area contributed by atoms with Gasteiger partial charge in [-0.2, -0.15) is 0 Å². The molecule has 0 aromatic carbocycles. The zero-order chi connectivity index (χ0) is 21.2. The minimum absolute atomic E-state index is 0.0759. The average molecular weight is 399 g/mol. The van der Waals surface area contributed by atoms with Crippen molar-refractivity contribution in [1.82, 2.24) is 0 Å². The molecule has 29 heavy (non-hydrogen) atoms. The van der Waals surface area contributed by atoms with Crippen LogP contribution in [0, 0.1) is 0 Å². The van der Waals surface area contributed by atoms with Crippen molar-refractivity contribution >= 4 is 5.97 Å². The molecular weight excluding hydrogens is 364 g/mol. The van der Waals surface area contributed by atoms with Crippen molar-refractivity contribution in [2.24, 2.45) is 0 Å². The molecular formula is C25H34O4. The molecule has 0 aliphatic carbocycles. The number of aliphatic hydroxyl groups excluding tert-OH is 1. The number of aryl methyl sites for hydroxylation is 1. The van der Waals surface area contributed by atoms with Crippen molar-refractivity contribution < 1.29 is 19.1 Å². The predicted molar refractivity (Wildman–Crippen MR) is 117 cm³/mol. The predicted octanol–water partition coefficient (Wildman–Crippen LogP) is 6.76. The Labute approximate surface area is 174 Å². The molecule has 0 fully saturated rings. The van der Waals surface area contributed by atoms with E-state index in [1.807, 2.05) is 19.3 Å². The lowest BCUT2D eigenvalue weighted by Crippen LogP contribution is -2.12. The van der Waals surface area contributed by atoms with Crippen LogP contribution < -0.4 is 0 Å². The zero-order valence-corrected chi connectivity index (χ0v) is 18.2. The van der Waals surface area contributed by atoms with E-state index in [1.54, 1.807) is 13.2 Å². The van der Waals surface area contributed by atoms with Crippen molar-refractivity contribution in [3.05, 3.63) is 70.4 Å². The number of aliphatic hydroxyl groups is 1. The standard InChI is InChI=1S/C25H34O4/c1-18(8-5-9-19(2)11-7-13-22-14-15-28-17-22)10-6-12-20(3)16-23-24(26)21(4)25(27)29-23/h8,11-12,14-15,17,23,26H,5-7,9-10,13,16H2,1-4H3. The van der Waals surface area contributed by atoms with Gasteiger partial charge >= 0.3 is 5.97 Å². The molecule has 2 rings (SSSR count). The van der Waals surface area contributed by atoms with Crippen LogP contribution in [-0.4, -0.2) is 17.2 Å². The van der Waals surface area contributed by atoms with E-state index in [-0.39, 0.29) is 5.76 Å². The fraction of sp³-hybridized carbons (Fsp3) is 0.480. The molecule has 0 saturated heterocycles. The van der Waals surface area contributed by atoms with E-state index < -0.39 is 12.1 Å². The van der Waals surface area contributed by atoms with Crippen molar-refractivity contribution in [3.63, 3.8) is 0 Å². The molecule has 1 aliphatic rings. The Balaban J connectivity index is 1.65.